The van der Waals surface area contributed by atoms with Gasteiger partial charge in [0.15, 0.2) is 0 Å². The van der Waals surface area contributed by atoms with E-state index in [-0.39, 0.29) is 24.0 Å². The van der Waals surface area contributed by atoms with Crippen LogP contribution in [0.2, 0.25) is 0 Å². The normalized spacial score (nSPS) is 30.7. The summed E-state index contributed by atoms with van der Waals surface area (Å²) in [6.07, 6.45) is 8.79. The molecule has 1 aromatic heterocycles. The molecule has 2 aliphatic rings. The van der Waals surface area contributed by atoms with E-state index in [4.69, 9.17) is 0 Å². The van der Waals surface area contributed by atoms with Crippen LogP contribution >= 0.6 is 0 Å². The molecule has 5 nitrogen and oxygen atoms in total. The molecule has 0 aromatic carbocycles. The molecule has 1 aliphatic carbocycles. The van der Waals surface area contributed by atoms with Crippen LogP contribution in [0.4, 0.5) is 0 Å². The standard InChI is InChI=1S/C14H21N3O2/c18-13-4-2-1-3-12(13)16-14(19)10-5-6-17-9-15-8-11(17)7-10/h8-10,12-13,18H,1-7H2,(H,16,19). The minimum absolute atomic E-state index is 0.0262. The highest BCUT2D eigenvalue weighted by Crippen LogP contribution is 2.22. The number of aryl methyl sites for hydroxylation is 1. The van der Waals surface area contributed by atoms with Crippen molar-refractivity contribution in [3.63, 3.8) is 0 Å². The van der Waals surface area contributed by atoms with Crippen molar-refractivity contribution in [3.05, 3.63) is 18.2 Å². The minimum atomic E-state index is -0.369. The molecule has 1 aliphatic heterocycles. The predicted molar refractivity (Wildman–Crippen MR) is 70.4 cm³/mol. The number of aliphatic hydroxyl groups is 1. The molecule has 0 saturated heterocycles. The molecule has 3 unspecified atom stereocenters. The Morgan fingerprint density at radius 3 is 3.05 bits per heavy atom. The molecule has 1 aromatic rings. The maximum Gasteiger partial charge on any atom is 0.223 e. The van der Waals surface area contributed by atoms with Crippen LogP contribution in [0.25, 0.3) is 0 Å². The summed E-state index contributed by atoms with van der Waals surface area (Å²) in [5.41, 5.74) is 1.13. The van der Waals surface area contributed by atoms with Crippen LogP contribution in [0.3, 0.4) is 0 Å². The largest absolute Gasteiger partial charge is 0.391 e. The zero-order chi connectivity index (χ0) is 13.2. The molecule has 0 radical (unpaired) electrons. The van der Waals surface area contributed by atoms with Crippen molar-refractivity contribution < 1.29 is 9.90 Å². The fourth-order valence-corrected chi connectivity index (χ4v) is 3.17. The van der Waals surface area contributed by atoms with E-state index in [1.807, 2.05) is 12.5 Å². The quantitative estimate of drug-likeness (QED) is 0.832. The number of carbonyl (C=O) groups is 1. The summed E-state index contributed by atoms with van der Waals surface area (Å²) in [5.74, 6) is 0.122. The van der Waals surface area contributed by atoms with Crippen LogP contribution in [0.15, 0.2) is 12.5 Å². The van der Waals surface area contributed by atoms with Gasteiger partial charge in [-0.3, -0.25) is 4.79 Å². The zero-order valence-electron chi connectivity index (χ0n) is 11.1. The summed E-state index contributed by atoms with van der Waals surface area (Å²) >= 11 is 0. The fraction of sp³-hybridized carbons (Fsp3) is 0.714. The number of fused-ring (bicyclic) bond motifs is 1. The lowest BCUT2D eigenvalue weighted by molar-refractivity contribution is -0.127. The molecule has 0 bridgehead atoms. The van der Waals surface area contributed by atoms with E-state index in [2.05, 4.69) is 14.9 Å². The predicted octanol–water partition coefficient (Wildman–Crippen LogP) is 0.865. The molecular weight excluding hydrogens is 242 g/mol. The van der Waals surface area contributed by atoms with Crippen molar-refractivity contribution in [2.24, 2.45) is 5.92 Å². The Balaban J connectivity index is 1.59. The van der Waals surface area contributed by atoms with Gasteiger partial charge in [0, 0.05) is 30.8 Å². The van der Waals surface area contributed by atoms with Crippen molar-refractivity contribution in [2.75, 3.05) is 0 Å². The van der Waals surface area contributed by atoms with Gasteiger partial charge in [-0.1, -0.05) is 12.8 Å². The second-order valence-corrected chi connectivity index (χ2v) is 5.73. The molecule has 3 rings (SSSR count). The van der Waals surface area contributed by atoms with Gasteiger partial charge in [0.05, 0.1) is 18.5 Å². The molecule has 2 heterocycles. The molecule has 2 N–H and O–H groups in total. The number of rotatable bonds is 2. The van der Waals surface area contributed by atoms with E-state index in [9.17, 15) is 9.90 Å². The van der Waals surface area contributed by atoms with Crippen molar-refractivity contribution in [1.82, 2.24) is 14.9 Å². The van der Waals surface area contributed by atoms with Crippen molar-refractivity contribution in [1.29, 1.82) is 0 Å². The number of nitrogens with one attached hydrogen (secondary N) is 1. The summed E-state index contributed by atoms with van der Waals surface area (Å²) in [7, 11) is 0. The van der Waals surface area contributed by atoms with Crippen LogP contribution in [-0.4, -0.2) is 32.7 Å². The third-order valence-corrected chi connectivity index (χ3v) is 4.40. The Bertz CT molecular complexity index is 457. The minimum Gasteiger partial charge on any atom is -0.391 e. The van der Waals surface area contributed by atoms with Crippen molar-refractivity contribution in [3.8, 4) is 0 Å². The number of hydrogen-bond acceptors (Lipinski definition) is 3. The van der Waals surface area contributed by atoms with Crippen molar-refractivity contribution >= 4 is 5.91 Å². The van der Waals surface area contributed by atoms with E-state index in [0.29, 0.717) is 0 Å². The first-order valence-corrected chi connectivity index (χ1v) is 7.21. The third kappa shape index (κ3) is 2.66. The number of imidazole rings is 1. The SMILES string of the molecule is O=C(NC1CCCCC1O)C1CCn2cncc2C1. The molecule has 1 amide bonds. The van der Waals surface area contributed by atoms with Gasteiger partial charge in [0.25, 0.3) is 0 Å². The number of hydrogen-bond donors (Lipinski definition) is 2. The number of aromatic nitrogens is 2. The first-order chi connectivity index (χ1) is 9.24. The Kier molecular flexibility index (Phi) is 3.55. The molecule has 3 atom stereocenters. The maximum absolute atomic E-state index is 12.3. The van der Waals surface area contributed by atoms with Crippen LogP contribution in [0.1, 0.15) is 37.8 Å². The Labute approximate surface area is 113 Å². The summed E-state index contributed by atoms with van der Waals surface area (Å²) in [4.78, 5) is 16.4. The highest BCUT2D eigenvalue weighted by molar-refractivity contribution is 5.79. The molecule has 5 heteroatoms. The second kappa shape index (κ2) is 5.33. The lowest BCUT2D eigenvalue weighted by atomic mass is 9.90. The van der Waals surface area contributed by atoms with Gasteiger partial charge in [-0.2, -0.15) is 0 Å². The Morgan fingerprint density at radius 2 is 2.21 bits per heavy atom. The van der Waals surface area contributed by atoms with Crippen LogP contribution < -0.4 is 5.32 Å². The van der Waals surface area contributed by atoms with Gasteiger partial charge in [0.1, 0.15) is 0 Å². The second-order valence-electron chi connectivity index (χ2n) is 5.73. The first kappa shape index (κ1) is 12.7. The summed E-state index contributed by atoms with van der Waals surface area (Å²) in [5, 5.41) is 13.0. The van der Waals surface area contributed by atoms with E-state index < -0.39 is 0 Å². The average molecular weight is 263 g/mol. The average Bonchev–Trinajstić information content (AvgIpc) is 2.88. The maximum atomic E-state index is 12.3. The smallest absolute Gasteiger partial charge is 0.223 e. The third-order valence-electron chi connectivity index (χ3n) is 4.40. The van der Waals surface area contributed by atoms with Gasteiger partial charge in [-0.05, 0) is 19.3 Å². The van der Waals surface area contributed by atoms with Gasteiger partial charge in [0.2, 0.25) is 5.91 Å². The van der Waals surface area contributed by atoms with Gasteiger partial charge in [-0.15, -0.1) is 0 Å². The molecule has 1 saturated carbocycles. The van der Waals surface area contributed by atoms with Crippen LogP contribution in [0.5, 0.6) is 0 Å². The van der Waals surface area contributed by atoms with E-state index >= 15 is 0 Å². The zero-order valence-corrected chi connectivity index (χ0v) is 11.1. The molecule has 104 valence electrons. The Morgan fingerprint density at radius 1 is 1.37 bits per heavy atom. The Hall–Kier alpha value is -1.36. The number of carbonyl (C=O) groups excluding carboxylic acids is 1. The van der Waals surface area contributed by atoms with E-state index in [1.165, 1.54) is 0 Å². The highest BCUT2D eigenvalue weighted by Gasteiger charge is 2.29. The lowest BCUT2D eigenvalue weighted by Crippen LogP contribution is -2.48. The summed E-state index contributed by atoms with van der Waals surface area (Å²) in [6, 6.07) is -0.0481. The highest BCUT2D eigenvalue weighted by atomic mass is 16.3. The van der Waals surface area contributed by atoms with Gasteiger partial charge in [-0.25, -0.2) is 4.98 Å². The lowest BCUT2D eigenvalue weighted by Gasteiger charge is -2.31. The van der Waals surface area contributed by atoms with Gasteiger partial charge < -0.3 is 15.0 Å². The van der Waals surface area contributed by atoms with E-state index in [1.54, 1.807) is 0 Å². The van der Waals surface area contributed by atoms with Crippen molar-refractivity contribution in [2.45, 2.75) is 57.2 Å². The molecule has 1 fully saturated rings. The summed E-state index contributed by atoms with van der Waals surface area (Å²) in [6.45, 7) is 0.862. The van der Waals surface area contributed by atoms with Crippen LogP contribution in [0, 0.1) is 5.92 Å². The molecule has 0 spiro atoms. The molecule has 19 heavy (non-hydrogen) atoms. The number of aliphatic hydroxyl groups excluding tert-OH is 1. The summed E-state index contributed by atoms with van der Waals surface area (Å²) < 4.78 is 2.11. The topological polar surface area (TPSA) is 67.2 Å². The first-order valence-electron chi connectivity index (χ1n) is 7.21. The molecular formula is C14H21N3O2. The number of nitrogens with zero attached hydrogens (tertiary/aromatic N) is 2. The fourth-order valence-electron chi connectivity index (χ4n) is 3.17. The number of amides is 1. The van der Waals surface area contributed by atoms with Gasteiger partial charge >= 0.3 is 0 Å². The van der Waals surface area contributed by atoms with Crippen LogP contribution in [-0.2, 0) is 17.8 Å². The van der Waals surface area contributed by atoms with E-state index in [0.717, 1.165) is 50.8 Å². The monoisotopic (exact) mass is 263 g/mol.